The van der Waals surface area contributed by atoms with Crippen molar-refractivity contribution >= 4 is 46.3 Å². The van der Waals surface area contributed by atoms with E-state index >= 15 is 0 Å². The van der Waals surface area contributed by atoms with Crippen LogP contribution in [-0.4, -0.2) is 15.2 Å². The van der Waals surface area contributed by atoms with Gasteiger partial charge >= 0.3 is 0 Å². The van der Waals surface area contributed by atoms with Gasteiger partial charge in [0.15, 0.2) is 5.82 Å². The first-order valence-corrected chi connectivity index (χ1v) is 7.21. The number of aromatic nitrogens is 3. The largest absolute Gasteiger partial charge is 0.336 e. The summed E-state index contributed by atoms with van der Waals surface area (Å²) >= 11 is 12.2. The molecule has 0 bridgehead atoms. The van der Waals surface area contributed by atoms with Crippen LogP contribution in [0.25, 0.3) is 0 Å². The monoisotopic (exact) mass is 331 g/mol. The lowest BCUT2D eigenvalue weighted by molar-refractivity contribution is 0.982. The Hall–Kier alpha value is -2.37. The van der Waals surface area contributed by atoms with E-state index < -0.39 is 0 Å². The van der Waals surface area contributed by atoms with Crippen LogP contribution >= 0.6 is 23.2 Å². The van der Waals surface area contributed by atoms with Crippen LogP contribution < -0.4 is 10.6 Å². The minimum atomic E-state index is 0.374. The number of anilines is 4. The molecule has 110 valence electrons. The molecule has 0 saturated heterocycles. The molecular weight excluding hydrogens is 321 g/mol. The number of hydrogen-bond donors (Lipinski definition) is 2. The molecule has 0 fully saturated rings. The highest BCUT2D eigenvalue weighted by Gasteiger charge is 2.07. The molecule has 0 atom stereocenters. The van der Waals surface area contributed by atoms with Crippen molar-refractivity contribution in [3.63, 3.8) is 0 Å². The third-order valence-electron chi connectivity index (χ3n) is 2.80. The predicted octanol–water partition coefficient (Wildman–Crippen LogP) is 4.67. The average molecular weight is 332 g/mol. The van der Waals surface area contributed by atoms with E-state index in [-0.39, 0.29) is 0 Å². The lowest BCUT2D eigenvalue weighted by Gasteiger charge is -2.10. The maximum absolute atomic E-state index is 6.12. The number of nitrogens with one attached hydrogen (secondary N) is 2. The zero-order chi connectivity index (χ0) is 15.4. The number of nitrogens with zero attached hydrogens (tertiary/aromatic N) is 3. The highest BCUT2D eigenvalue weighted by atomic mass is 35.5. The first-order valence-electron chi connectivity index (χ1n) is 6.45. The molecule has 0 aliphatic heterocycles. The minimum absolute atomic E-state index is 0.374. The first kappa shape index (κ1) is 14.6. The van der Waals surface area contributed by atoms with Crippen LogP contribution in [-0.2, 0) is 0 Å². The number of para-hydroxylation sites is 2. The molecule has 0 amide bonds. The predicted molar refractivity (Wildman–Crippen MR) is 89.3 cm³/mol. The van der Waals surface area contributed by atoms with Gasteiger partial charge in [0.25, 0.3) is 0 Å². The van der Waals surface area contributed by atoms with E-state index in [1.165, 1.54) is 6.20 Å². The van der Waals surface area contributed by atoms with E-state index in [2.05, 4.69) is 25.8 Å². The average Bonchev–Trinajstić information content (AvgIpc) is 2.53. The van der Waals surface area contributed by atoms with E-state index in [0.717, 1.165) is 5.69 Å². The van der Waals surface area contributed by atoms with Crippen molar-refractivity contribution in [3.05, 3.63) is 64.8 Å². The summed E-state index contributed by atoms with van der Waals surface area (Å²) in [7, 11) is 0. The summed E-state index contributed by atoms with van der Waals surface area (Å²) in [5.74, 6) is 0.864. The Morgan fingerprint density at radius 2 is 1.55 bits per heavy atom. The molecule has 2 N–H and O–H groups in total. The molecule has 3 rings (SSSR count). The van der Waals surface area contributed by atoms with Crippen LogP contribution in [0.1, 0.15) is 0 Å². The third-order valence-corrected chi connectivity index (χ3v) is 3.43. The second-order valence-corrected chi connectivity index (χ2v) is 5.19. The van der Waals surface area contributed by atoms with Crippen molar-refractivity contribution in [1.82, 2.24) is 15.2 Å². The van der Waals surface area contributed by atoms with Crippen molar-refractivity contribution in [1.29, 1.82) is 0 Å². The number of benzene rings is 2. The van der Waals surface area contributed by atoms with Gasteiger partial charge in [-0.15, -0.1) is 5.10 Å². The second-order valence-electron chi connectivity index (χ2n) is 4.38. The first-order chi connectivity index (χ1) is 10.7. The Kier molecular flexibility index (Phi) is 4.37. The standard InChI is InChI=1S/C15H11Cl2N5/c16-11-7-4-8-12(17)14(11)20-13-9-18-22-15(21-13)19-10-5-2-1-3-6-10/h1-9H,(H2,19,20,21,22). The fourth-order valence-corrected chi connectivity index (χ4v) is 2.30. The van der Waals surface area contributed by atoms with Gasteiger partial charge in [-0.3, -0.25) is 0 Å². The van der Waals surface area contributed by atoms with Crippen molar-refractivity contribution in [2.45, 2.75) is 0 Å². The van der Waals surface area contributed by atoms with E-state index in [4.69, 9.17) is 23.2 Å². The van der Waals surface area contributed by atoms with Gasteiger partial charge in [0.2, 0.25) is 5.95 Å². The van der Waals surface area contributed by atoms with Gasteiger partial charge in [0.05, 0.1) is 21.9 Å². The minimum Gasteiger partial charge on any atom is -0.336 e. The lowest BCUT2D eigenvalue weighted by Crippen LogP contribution is -2.02. The van der Waals surface area contributed by atoms with Crippen LogP contribution in [0, 0.1) is 0 Å². The summed E-state index contributed by atoms with van der Waals surface area (Å²) in [4.78, 5) is 4.33. The maximum Gasteiger partial charge on any atom is 0.249 e. The van der Waals surface area contributed by atoms with Crippen LogP contribution in [0.4, 0.5) is 23.1 Å². The SMILES string of the molecule is Clc1cccc(Cl)c1Nc1cnnc(Nc2ccccc2)n1. The number of halogens is 2. The molecule has 0 spiro atoms. The van der Waals surface area contributed by atoms with Crippen molar-refractivity contribution in [3.8, 4) is 0 Å². The van der Waals surface area contributed by atoms with Crippen molar-refractivity contribution in [2.24, 2.45) is 0 Å². The third kappa shape index (κ3) is 3.44. The fourth-order valence-electron chi connectivity index (χ4n) is 1.81. The van der Waals surface area contributed by atoms with Crippen molar-refractivity contribution < 1.29 is 0 Å². The molecule has 0 unspecified atom stereocenters. The molecule has 1 aromatic heterocycles. The molecule has 5 nitrogen and oxygen atoms in total. The molecule has 0 radical (unpaired) electrons. The van der Waals surface area contributed by atoms with Gasteiger partial charge in [-0.25, -0.2) is 0 Å². The topological polar surface area (TPSA) is 62.7 Å². The van der Waals surface area contributed by atoms with Crippen LogP contribution in [0.3, 0.4) is 0 Å². The Labute approximate surface area is 137 Å². The molecule has 3 aromatic rings. The number of hydrogen-bond acceptors (Lipinski definition) is 5. The Morgan fingerprint density at radius 1 is 0.818 bits per heavy atom. The Bertz CT molecular complexity index is 760. The van der Waals surface area contributed by atoms with Gasteiger partial charge in [0.1, 0.15) is 0 Å². The fraction of sp³-hybridized carbons (Fsp3) is 0. The molecule has 22 heavy (non-hydrogen) atoms. The van der Waals surface area contributed by atoms with Crippen LogP contribution in [0.5, 0.6) is 0 Å². The van der Waals surface area contributed by atoms with Crippen LogP contribution in [0.15, 0.2) is 54.7 Å². The quantitative estimate of drug-likeness (QED) is 0.727. The molecule has 0 aliphatic carbocycles. The summed E-state index contributed by atoms with van der Waals surface area (Å²) in [6, 6.07) is 14.9. The van der Waals surface area contributed by atoms with Gasteiger partial charge in [-0.1, -0.05) is 47.5 Å². The maximum atomic E-state index is 6.12. The zero-order valence-electron chi connectivity index (χ0n) is 11.3. The molecule has 7 heteroatoms. The van der Waals surface area contributed by atoms with E-state index in [0.29, 0.717) is 27.5 Å². The lowest BCUT2D eigenvalue weighted by atomic mass is 10.3. The normalized spacial score (nSPS) is 10.3. The molecule has 1 heterocycles. The Balaban J connectivity index is 1.82. The summed E-state index contributed by atoms with van der Waals surface area (Å²) < 4.78 is 0. The highest BCUT2D eigenvalue weighted by molar-refractivity contribution is 6.39. The van der Waals surface area contributed by atoms with E-state index in [1.807, 2.05) is 30.3 Å². The zero-order valence-corrected chi connectivity index (χ0v) is 12.8. The number of rotatable bonds is 4. The molecule has 0 saturated carbocycles. The van der Waals surface area contributed by atoms with Gasteiger partial charge in [-0.05, 0) is 24.3 Å². The highest BCUT2D eigenvalue weighted by Crippen LogP contribution is 2.31. The summed E-state index contributed by atoms with van der Waals surface area (Å²) in [6.45, 7) is 0. The van der Waals surface area contributed by atoms with E-state index in [9.17, 15) is 0 Å². The smallest absolute Gasteiger partial charge is 0.249 e. The van der Waals surface area contributed by atoms with Gasteiger partial charge in [-0.2, -0.15) is 10.1 Å². The molecule has 0 aliphatic rings. The van der Waals surface area contributed by atoms with Crippen molar-refractivity contribution in [2.75, 3.05) is 10.6 Å². The summed E-state index contributed by atoms with van der Waals surface area (Å²) in [5, 5.41) is 15.0. The molecule has 2 aromatic carbocycles. The summed E-state index contributed by atoms with van der Waals surface area (Å²) in [6.07, 6.45) is 1.50. The van der Waals surface area contributed by atoms with Gasteiger partial charge < -0.3 is 10.6 Å². The molecular formula is C15H11Cl2N5. The van der Waals surface area contributed by atoms with Crippen LogP contribution in [0.2, 0.25) is 10.0 Å². The Morgan fingerprint density at radius 3 is 2.27 bits per heavy atom. The second kappa shape index (κ2) is 6.60. The summed E-state index contributed by atoms with van der Waals surface area (Å²) in [5.41, 5.74) is 1.45. The van der Waals surface area contributed by atoms with E-state index in [1.54, 1.807) is 18.2 Å². The van der Waals surface area contributed by atoms with Gasteiger partial charge in [0, 0.05) is 5.69 Å².